The molecule has 0 atom stereocenters. The fourth-order valence-electron chi connectivity index (χ4n) is 2.62. The van der Waals surface area contributed by atoms with Crippen LogP contribution in [-0.4, -0.2) is 16.1 Å². The molecular formula is C18H14N2O4S. The van der Waals surface area contributed by atoms with Crippen molar-refractivity contribution in [3.63, 3.8) is 0 Å². The fraction of sp³-hybridized carbons (Fsp3) is 0.111. The van der Waals surface area contributed by atoms with Crippen molar-refractivity contribution < 1.29 is 14.5 Å². The summed E-state index contributed by atoms with van der Waals surface area (Å²) in [5.74, 6) is -0.464. The number of amides is 2. The fourth-order valence-corrected chi connectivity index (χ4v) is 3.45. The summed E-state index contributed by atoms with van der Waals surface area (Å²) in [5.41, 5.74) is 1.63. The molecule has 126 valence electrons. The monoisotopic (exact) mass is 354 g/mol. The van der Waals surface area contributed by atoms with E-state index < -0.39 is 16.1 Å². The number of aryl methyl sites for hydroxylation is 1. The largest absolute Gasteiger partial charge is 0.298 e. The first kappa shape index (κ1) is 16.9. The van der Waals surface area contributed by atoms with Crippen molar-refractivity contribution in [2.45, 2.75) is 13.3 Å². The average molecular weight is 354 g/mol. The number of anilines is 1. The zero-order valence-corrected chi connectivity index (χ0v) is 14.2. The third kappa shape index (κ3) is 3.18. The van der Waals surface area contributed by atoms with Crippen molar-refractivity contribution in [2.24, 2.45) is 0 Å². The highest BCUT2D eigenvalue weighted by molar-refractivity contribution is 8.19. The van der Waals surface area contributed by atoms with Crippen LogP contribution in [0.2, 0.25) is 0 Å². The molecule has 0 aromatic heterocycles. The van der Waals surface area contributed by atoms with Gasteiger partial charge in [-0.3, -0.25) is 19.7 Å². The average Bonchev–Trinajstić information content (AvgIpc) is 2.88. The Morgan fingerprint density at radius 2 is 1.80 bits per heavy atom. The number of nitrogens with zero attached hydrogens (tertiary/aromatic N) is 2. The van der Waals surface area contributed by atoms with Crippen LogP contribution in [0.4, 0.5) is 16.2 Å². The number of para-hydroxylation sites is 2. The van der Waals surface area contributed by atoms with E-state index >= 15 is 0 Å². The van der Waals surface area contributed by atoms with Gasteiger partial charge in [-0.15, -0.1) is 0 Å². The number of carbonyl (C=O) groups excluding carboxylic acids is 2. The van der Waals surface area contributed by atoms with Crippen LogP contribution in [0.25, 0.3) is 6.08 Å². The van der Waals surface area contributed by atoms with Crippen LogP contribution in [0.1, 0.15) is 18.1 Å². The standard InChI is InChI=1S/C18H14N2O4S/c1-2-12-7-3-5-9-14(12)19-17(21)16(25-18(19)22)11-13-8-4-6-10-15(13)20(23)24/h3-11H,2H2,1H3/b16-11-. The maximum Gasteiger partial charge on any atom is 0.298 e. The van der Waals surface area contributed by atoms with Gasteiger partial charge in [0.1, 0.15) is 0 Å². The van der Waals surface area contributed by atoms with Crippen LogP contribution in [-0.2, 0) is 11.2 Å². The Morgan fingerprint density at radius 3 is 2.52 bits per heavy atom. The second kappa shape index (κ2) is 6.90. The molecule has 1 aliphatic rings. The van der Waals surface area contributed by atoms with E-state index in [0.717, 1.165) is 22.2 Å². The van der Waals surface area contributed by atoms with Crippen LogP contribution < -0.4 is 4.90 Å². The smallest absolute Gasteiger partial charge is 0.268 e. The third-order valence-corrected chi connectivity index (χ3v) is 4.70. The Kier molecular flexibility index (Phi) is 4.67. The maximum absolute atomic E-state index is 12.7. The SMILES string of the molecule is CCc1ccccc1N1C(=O)S/C(=C\c2ccccc2[N+](=O)[O-])C1=O. The summed E-state index contributed by atoms with van der Waals surface area (Å²) in [5, 5.41) is 10.7. The highest BCUT2D eigenvalue weighted by atomic mass is 32.2. The molecule has 3 rings (SSSR count). The van der Waals surface area contributed by atoms with Gasteiger partial charge in [-0.05, 0) is 42.0 Å². The van der Waals surface area contributed by atoms with E-state index in [4.69, 9.17) is 0 Å². The molecule has 2 aromatic rings. The number of thioether (sulfide) groups is 1. The molecular weight excluding hydrogens is 340 g/mol. The molecule has 0 N–H and O–H groups in total. The number of carbonyl (C=O) groups is 2. The summed E-state index contributed by atoms with van der Waals surface area (Å²) in [4.78, 5) is 37.0. The number of hydrogen-bond acceptors (Lipinski definition) is 5. The predicted octanol–water partition coefficient (Wildman–Crippen LogP) is 4.40. The molecule has 25 heavy (non-hydrogen) atoms. The molecule has 6 nitrogen and oxygen atoms in total. The summed E-state index contributed by atoms with van der Waals surface area (Å²) in [7, 11) is 0. The van der Waals surface area contributed by atoms with E-state index in [1.807, 2.05) is 19.1 Å². The highest BCUT2D eigenvalue weighted by Crippen LogP contribution is 2.38. The number of imide groups is 1. The molecule has 2 aromatic carbocycles. The Bertz CT molecular complexity index is 907. The maximum atomic E-state index is 12.7. The quantitative estimate of drug-likeness (QED) is 0.462. The molecule has 1 fully saturated rings. The van der Waals surface area contributed by atoms with Gasteiger partial charge >= 0.3 is 0 Å². The molecule has 0 bridgehead atoms. The van der Waals surface area contributed by atoms with Crippen LogP contribution in [0.5, 0.6) is 0 Å². The predicted molar refractivity (Wildman–Crippen MR) is 97.4 cm³/mol. The number of rotatable bonds is 4. The second-order valence-electron chi connectivity index (χ2n) is 5.32. The number of nitro benzene ring substituents is 1. The molecule has 0 aliphatic carbocycles. The topological polar surface area (TPSA) is 80.5 Å². The van der Waals surface area contributed by atoms with E-state index in [1.165, 1.54) is 12.1 Å². The van der Waals surface area contributed by atoms with Crippen LogP contribution >= 0.6 is 11.8 Å². The zero-order valence-electron chi connectivity index (χ0n) is 13.3. The Labute approximate surface area is 148 Å². The minimum atomic E-state index is -0.511. The summed E-state index contributed by atoms with van der Waals surface area (Å²) >= 11 is 0.787. The van der Waals surface area contributed by atoms with Crippen molar-refractivity contribution in [3.8, 4) is 0 Å². The molecule has 0 unspecified atom stereocenters. The first-order valence-corrected chi connectivity index (χ1v) is 8.44. The lowest BCUT2D eigenvalue weighted by Gasteiger charge is -2.16. The number of hydrogen-bond donors (Lipinski definition) is 0. The molecule has 2 amide bonds. The molecule has 0 spiro atoms. The van der Waals surface area contributed by atoms with E-state index in [1.54, 1.807) is 30.3 Å². The minimum absolute atomic E-state index is 0.108. The van der Waals surface area contributed by atoms with Gasteiger partial charge in [0.05, 0.1) is 21.1 Å². The van der Waals surface area contributed by atoms with Crippen LogP contribution in [0.15, 0.2) is 53.4 Å². The molecule has 1 heterocycles. The molecule has 1 aliphatic heterocycles. The van der Waals surface area contributed by atoms with Crippen LogP contribution in [0.3, 0.4) is 0 Å². The van der Waals surface area contributed by atoms with Gasteiger partial charge in [0.15, 0.2) is 0 Å². The van der Waals surface area contributed by atoms with E-state index in [-0.39, 0.29) is 10.6 Å². The van der Waals surface area contributed by atoms with Gasteiger partial charge in [0.25, 0.3) is 16.8 Å². The summed E-state index contributed by atoms with van der Waals surface area (Å²) in [6.07, 6.45) is 2.08. The third-order valence-electron chi connectivity index (χ3n) is 3.83. The molecule has 7 heteroatoms. The molecule has 0 radical (unpaired) electrons. The number of benzene rings is 2. The summed E-state index contributed by atoms with van der Waals surface area (Å²) in [6.45, 7) is 1.95. The Morgan fingerprint density at radius 1 is 1.12 bits per heavy atom. The number of nitro groups is 1. The van der Waals surface area contributed by atoms with Crippen molar-refractivity contribution in [2.75, 3.05) is 4.90 Å². The van der Waals surface area contributed by atoms with E-state index in [2.05, 4.69) is 0 Å². The van der Waals surface area contributed by atoms with E-state index in [0.29, 0.717) is 17.7 Å². The van der Waals surface area contributed by atoms with Gasteiger partial charge in [0.2, 0.25) is 0 Å². The van der Waals surface area contributed by atoms with Crippen molar-refractivity contribution >= 4 is 40.4 Å². The van der Waals surface area contributed by atoms with Gasteiger partial charge in [-0.1, -0.05) is 37.3 Å². The lowest BCUT2D eigenvalue weighted by molar-refractivity contribution is -0.385. The lowest BCUT2D eigenvalue weighted by atomic mass is 10.1. The molecule has 0 saturated carbocycles. The summed E-state index contributed by atoms with van der Waals surface area (Å²) < 4.78 is 0. The van der Waals surface area contributed by atoms with Gasteiger partial charge in [0, 0.05) is 6.07 Å². The van der Waals surface area contributed by atoms with Crippen LogP contribution in [0, 0.1) is 10.1 Å². The van der Waals surface area contributed by atoms with Gasteiger partial charge < -0.3 is 0 Å². The summed E-state index contributed by atoms with van der Waals surface area (Å²) in [6, 6.07) is 13.3. The Balaban J connectivity index is 2.01. The molecule has 1 saturated heterocycles. The van der Waals surface area contributed by atoms with Crippen molar-refractivity contribution in [1.29, 1.82) is 0 Å². The highest BCUT2D eigenvalue weighted by Gasteiger charge is 2.37. The van der Waals surface area contributed by atoms with Crippen molar-refractivity contribution in [1.82, 2.24) is 0 Å². The Hall–Kier alpha value is -2.93. The van der Waals surface area contributed by atoms with Gasteiger partial charge in [-0.2, -0.15) is 0 Å². The lowest BCUT2D eigenvalue weighted by Crippen LogP contribution is -2.28. The van der Waals surface area contributed by atoms with Crippen molar-refractivity contribution in [3.05, 3.63) is 74.7 Å². The zero-order chi connectivity index (χ0) is 18.0. The first-order chi connectivity index (χ1) is 12.0. The normalized spacial score (nSPS) is 15.9. The first-order valence-electron chi connectivity index (χ1n) is 7.62. The van der Waals surface area contributed by atoms with Gasteiger partial charge in [-0.25, -0.2) is 4.90 Å². The minimum Gasteiger partial charge on any atom is -0.268 e. The second-order valence-corrected chi connectivity index (χ2v) is 6.31. The van der Waals surface area contributed by atoms with E-state index in [9.17, 15) is 19.7 Å².